The molecule has 0 aromatic carbocycles. The van der Waals surface area contributed by atoms with E-state index >= 15 is 0 Å². The summed E-state index contributed by atoms with van der Waals surface area (Å²) in [7, 11) is 0. The summed E-state index contributed by atoms with van der Waals surface area (Å²) < 4.78 is 60.8. The Labute approximate surface area is 67.1 Å². The van der Waals surface area contributed by atoms with Crippen LogP contribution in [0.15, 0.2) is 12.7 Å². The van der Waals surface area contributed by atoms with E-state index in [1.165, 1.54) is 0 Å². The van der Waals surface area contributed by atoms with Gasteiger partial charge in [-0.3, -0.25) is 4.39 Å². The zero-order chi connectivity index (χ0) is 9.78. The number of allylic oxidation sites excluding steroid dienone is 1. The fraction of sp³-hybridized carbons (Fsp3) is 0.714. The lowest BCUT2D eigenvalue weighted by molar-refractivity contribution is -0.115. The molecule has 0 rings (SSSR count). The van der Waals surface area contributed by atoms with Gasteiger partial charge in [-0.2, -0.15) is 8.78 Å². The molecule has 0 saturated carbocycles. The molecule has 0 bridgehead atoms. The van der Waals surface area contributed by atoms with Gasteiger partial charge in [-0.15, -0.1) is 0 Å². The highest BCUT2D eigenvalue weighted by Gasteiger charge is 2.46. The Bertz CT molecular complexity index is 145. The molecule has 5 heteroatoms. The van der Waals surface area contributed by atoms with Crippen molar-refractivity contribution in [3.63, 3.8) is 0 Å². The van der Waals surface area contributed by atoms with Gasteiger partial charge in [0, 0.05) is 6.42 Å². The van der Waals surface area contributed by atoms with Crippen molar-refractivity contribution < 1.29 is 22.0 Å². The Morgan fingerprint density at radius 3 is 2.17 bits per heavy atom. The second-order valence-corrected chi connectivity index (χ2v) is 2.26. The van der Waals surface area contributed by atoms with E-state index in [1.54, 1.807) is 0 Å². The quantitative estimate of drug-likeness (QED) is 0.459. The van der Waals surface area contributed by atoms with Crippen LogP contribution in [0.1, 0.15) is 6.42 Å². The van der Waals surface area contributed by atoms with Gasteiger partial charge >= 0.3 is 5.92 Å². The summed E-state index contributed by atoms with van der Waals surface area (Å²) in [5.41, 5.74) is 0. The van der Waals surface area contributed by atoms with Gasteiger partial charge in [0.05, 0.1) is 6.67 Å². The zero-order valence-corrected chi connectivity index (χ0v) is 6.24. The van der Waals surface area contributed by atoms with Crippen LogP contribution in [0.3, 0.4) is 0 Å². The predicted molar refractivity (Wildman–Crippen MR) is 35.5 cm³/mol. The summed E-state index contributed by atoms with van der Waals surface area (Å²) in [4.78, 5) is 0. The van der Waals surface area contributed by atoms with Gasteiger partial charge < -0.3 is 0 Å². The Kier molecular flexibility index (Phi) is 4.20. The van der Waals surface area contributed by atoms with E-state index in [0.717, 1.165) is 0 Å². The minimum atomic E-state index is -4.17. The lowest BCUT2D eigenvalue weighted by Crippen LogP contribution is -2.39. The third-order valence-corrected chi connectivity index (χ3v) is 1.35. The number of hydrogen-bond acceptors (Lipinski definition) is 0. The molecule has 0 aliphatic rings. The Morgan fingerprint density at radius 2 is 1.83 bits per heavy atom. The molecule has 0 fully saturated rings. The van der Waals surface area contributed by atoms with E-state index in [9.17, 15) is 22.0 Å². The SMILES string of the molecule is C=CC(F)C(F)(F)C(F)CCF. The normalized spacial score (nSPS) is 17.1. The fourth-order valence-electron chi connectivity index (χ4n) is 0.618. The smallest absolute Gasteiger partial charge is 0.251 e. The first-order valence-corrected chi connectivity index (χ1v) is 3.31. The van der Waals surface area contributed by atoms with Crippen molar-refractivity contribution in [2.75, 3.05) is 6.67 Å². The van der Waals surface area contributed by atoms with Crippen LogP contribution in [0.5, 0.6) is 0 Å². The van der Waals surface area contributed by atoms with Crippen molar-refractivity contribution in [2.24, 2.45) is 0 Å². The van der Waals surface area contributed by atoms with E-state index in [1.807, 2.05) is 0 Å². The van der Waals surface area contributed by atoms with Crippen LogP contribution in [0.2, 0.25) is 0 Å². The molecule has 0 nitrogen and oxygen atoms in total. The number of rotatable bonds is 5. The maximum Gasteiger partial charge on any atom is 0.312 e. The van der Waals surface area contributed by atoms with E-state index in [-0.39, 0.29) is 0 Å². The molecule has 12 heavy (non-hydrogen) atoms. The topological polar surface area (TPSA) is 0 Å². The van der Waals surface area contributed by atoms with Gasteiger partial charge in [0.15, 0.2) is 12.3 Å². The average Bonchev–Trinajstić information content (AvgIpc) is 2.03. The van der Waals surface area contributed by atoms with E-state index in [0.29, 0.717) is 6.08 Å². The van der Waals surface area contributed by atoms with Crippen LogP contribution < -0.4 is 0 Å². The molecule has 0 radical (unpaired) electrons. The van der Waals surface area contributed by atoms with Crippen molar-refractivity contribution in [1.82, 2.24) is 0 Å². The zero-order valence-electron chi connectivity index (χ0n) is 6.24. The van der Waals surface area contributed by atoms with Crippen LogP contribution in [0.4, 0.5) is 22.0 Å². The Hall–Kier alpha value is -0.610. The summed E-state index contributed by atoms with van der Waals surface area (Å²) in [6, 6.07) is 0. The first-order valence-electron chi connectivity index (χ1n) is 3.31. The highest BCUT2D eigenvalue weighted by molar-refractivity contribution is 4.94. The molecule has 2 unspecified atom stereocenters. The maximum absolute atomic E-state index is 12.4. The second-order valence-electron chi connectivity index (χ2n) is 2.26. The molecule has 0 aliphatic heterocycles. The Balaban J connectivity index is 4.25. The first-order chi connectivity index (χ1) is 5.46. The molecule has 0 saturated heterocycles. The minimum absolute atomic E-state index is 0.296. The predicted octanol–water partition coefficient (Wildman–Crippen LogP) is 2.84. The van der Waals surface area contributed by atoms with E-state index in [2.05, 4.69) is 6.58 Å². The maximum atomic E-state index is 12.4. The van der Waals surface area contributed by atoms with Gasteiger partial charge in [0.2, 0.25) is 0 Å². The largest absolute Gasteiger partial charge is 0.312 e. The molecule has 0 amide bonds. The molecule has 72 valence electrons. The van der Waals surface area contributed by atoms with Crippen molar-refractivity contribution in [3.8, 4) is 0 Å². The molecule has 0 aromatic rings. The van der Waals surface area contributed by atoms with Crippen LogP contribution in [-0.4, -0.2) is 24.9 Å². The molecule has 2 atom stereocenters. The highest BCUT2D eigenvalue weighted by Crippen LogP contribution is 2.30. The van der Waals surface area contributed by atoms with E-state index in [4.69, 9.17) is 0 Å². The van der Waals surface area contributed by atoms with Crippen molar-refractivity contribution in [2.45, 2.75) is 24.7 Å². The summed E-state index contributed by atoms with van der Waals surface area (Å²) in [5.74, 6) is -4.17. The molecule has 0 aliphatic carbocycles. The summed E-state index contributed by atoms with van der Waals surface area (Å²) >= 11 is 0. The monoisotopic (exact) mass is 188 g/mol. The van der Waals surface area contributed by atoms with Crippen LogP contribution in [0.25, 0.3) is 0 Å². The average molecular weight is 188 g/mol. The first kappa shape index (κ1) is 11.4. The van der Waals surface area contributed by atoms with Gasteiger partial charge in [-0.25, -0.2) is 8.78 Å². The van der Waals surface area contributed by atoms with Crippen LogP contribution in [-0.2, 0) is 0 Å². The van der Waals surface area contributed by atoms with Crippen LogP contribution in [0, 0.1) is 0 Å². The molecular formula is C7H9F5. The lowest BCUT2D eigenvalue weighted by Gasteiger charge is -2.21. The second kappa shape index (κ2) is 4.42. The standard InChI is InChI=1S/C7H9F5/c1-2-5(9)7(11,12)6(10)3-4-8/h2,5-6H,1,3-4H2. The lowest BCUT2D eigenvalue weighted by atomic mass is 10.1. The van der Waals surface area contributed by atoms with Crippen molar-refractivity contribution in [1.29, 1.82) is 0 Å². The van der Waals surface area contributed by atoms with Crippen molar-refractivity contribution >= 4 is 0 Å². The molecule has 0 spiro atoms. The third kappa shape index (κ3) is 2.46. The van der Waals surface area contributed by atoms with Gasteiger partial charge in [-0.05, 0) is 0 Å². The molecular weight excluding hydrogens is 179 g/mol. The Morgan fingerprint density at radius 1 is 1.33 bits per heavy atom. The molecule has 0 N–H and O–H groups in total. The summed E-state index contributed by atoms with van der Waals surface area (Å²) in [6.45, 7) is 1.52. The third-order valence-electron chi connectivity index (χ3n) is 1.35. The van der Waals surface area contributed by atoms with Gasteiger partial charge in [0.25, 0.3) is 0 Å². The summed E-state index contributed by atoms with van der Waals surface area (Å²) in [5, 5.41) is 0. The number of hydrogen-bond donors (Lipinski definition) is 0. The number of halogens is 5. The van der Waals surface area contributed by atoms with Gasteiger partial charge in [0.1, 0.15) is 0 Å². The molecule has 0 heterocycles. The van der Waals surface area contributed by atoms with Crippen LogP contribution >= 0.6 is 0 Å². The van der Waals surface area contributed by atoms with Crippen molar-refractivity contribution in [3.05, 3.63) is 12.7 Å². The minimum Gasteiger partial charge on any atom is -0.251 e. The fourth-order valence-corrected chi connectivity index (χ4v) is 0.618. The molecule has 0 aromatic heterocycles. The highest BCUT2D eigenvalue weighted by atomic mass is 19.3. The van der Waals surface area contributed by atoms with E-state index < -0.39 is 31.4 Å². The van der Waals surface area contributed by atoms with Gasteiger partial charge in [-0.1, -0.05) is 12.7 Å². The number of alkyl halides is 5. The summed E-state index contributed by atoms with van der Waals surface area (Å²) in [6.07, 6.45) is -6.26.